The van der Waals surface area contributed by atoms with E-state index in [4.69, 9.17) is 5.73 Å². The number of nitrogens with two attached hydrogens (primary N) is 1. The van der Waals surface area contributed by atoms with Crippen LogP contribution in [0, 0.1) is 6.92 Å². The fraction of sp³-hybridized carbons (Fsp3) is 0.0667. The van der Waals surface area contributed by atoms with Crippen molar-refractivity contribution in [2.45, 2.75) is 6.92 Å². The highest BCUT2D eigenvalue weighted by Gasteiger charge is 2.14. The molecule has 0 bridgehead atoms. The topological polar surface area (TPSA) is 84.2 Å². The Morgan fingerprint density at radius 1 is 0.900 bits per heavy atom. The van der Waals surface area contributed by atoms with Gasteiger partial charge in [0.25, 0.3) is 0 Å². The first-order valence-electron chi connectivity index (χ1n) is 6.10. The zero-order valence-corrected chi connectivity index (χ0v) is 11.0. The molecule has 0 aliphatic rings. The van der Waals surface area contributed by atoms with Gasteiger partial charge in [0.1, 0.15) is 0 Å². The molecule has 0 radical (unpaired) electrons. The van der Waals surface area contributed by atoms with Crippen LogP contribution in [0.3, 0.4) is 0 Å². The third kappa shape index (κ3) is 3.35. The van der Waals surface area contributed by atoms with Crippen molar-refractivity contribution in [1.82, 2.24) is 0 Å². The standard InChI is InChI=1S/C15H15N3O2/c1-10-6-8-11(9-7-10)17-14(19)15(20)18-13-5-3-2-4-12(13)16/h2-9H,16H2,1H3,(H,17,19)(H,18,20). The fourth-order valence-electron chi connectivity index (χ4n) is 1.61. The van der Waals surface area contributed by atoms with Crippen molar-refractivity contribution in [2.75, 3.05) is 16.4 Å². The maximum atomic E-state index is 11.8. The number of benzene rings is 2. The second-order valence-corrected chi connectivity index (χ2v) is 4.36. The highest BCUT2D eigenvalue weighted by Crippen LogP contribution is 2.16. The van der Waals surface area contributed by atoms with Crippen LogP contribution < -0.4 is 16.4 Å². The van der Waals surface area contributed by atoms with E-state index in [1.54, 1.807) is 36.4 Å². The molecule has 5 heteroatoms. The van der Waals surface area contributed by atoms with Gasteiger partial charge in [-0.1, -0.05) is 29.8 Å². The lowest BCUT2D eigenvalue weighted by atomic mass is 10.2. The largest absolute Gasteiger partial charge is 0.397 e. The highest BCUT2D eigenvalue weighted by molar-refractivity contribution is 6.43. The monoisotopic (exact) mass is 269 g/mol. The molecule has 5 nitrogen and oxygen atoms in total. The molecule has 0 aliphatic heterocycles. The molecule has 0 aromatic heterocycles. The molecule has 2 rings (SSSR count). The van der Waals surface area contributed by atoms with Gasteiger partial charge in [-0.15, -0.1) is 0 Å². The van der Waals surface area contributed by atoms with Crippen LogP contribution in [0.5, 0.6) is 0 Å². The van der Waals surface area contributed by atoms with Gasteiger partial charge in [0.2, 0.25) is 0 Å². The Kier molecular flexibility index (Phi) is 4.00. The van der Waals surface area contributed by atoms with Gasteiger partial charge in [-0.2, -0.15) is 0 Å². The predicted octanol–water partition coefficient (Wildman–Crippen LogP) is 2.15. The average Bonchev–Trinajstić information content (AvgIpc) is 2.44. The molecule has 0 fully saturated rings. The van der Waals surface area contributed by atoms with Crippen LogP contribution in [-0.4, -0.2) is 11.8 Å². The Balaban J connectivity index is 2.01. The Bertz CT molecular complexity index is 636. The molecule has 0 saturated carbocycles. The first-order chi connectivity index (χ1) is 9.56. The first kappa shape index (κ1) is 13.6. The van der Waals surface area contributed by atoms with Crippen LogP contribution in [0.1, 0.15) is 5.56 Å². The lowest BCUT2D eigenvalue weighted by molar-refractivity contribution is -0.132. The number of carbonyl (C=O) groups excluding carboxylic acids is 2. The summed E-state index contributed by atoms with van der Waals surface area (Å²) in [6, 6.07) is 13.9. The van der Waals surface area contributed by atoms with E-state index in [0.29, 0.717) is 17.1 Å². The van der Waals surface area contributed by atoms with E-state index >= 15 is 0 Å². The molecule has 2 aromatic rings. The van der Waals surface area contributed by atoms with Gasteiger partial charge in [-0.3, -0.25) is 9.59 Å². The van der Waals surface area contributed by atoms with Crippen LogP contribution in [-0.2, 0) is 9.59 Å². The molecule has 20 heavy (non-hydrogen) atoms. The van der Waals surface area contributed by atoms with E-state index < -0.39 is 11.8 Å². The minimum Gasteiger partial charge on any atom is -0.397 e. The number of aryl methyl sites for hydroxylation is 1. The smallest absolute Gasteiger partial charge is 0.314 e. The summed E-state index contributed by atoms with van der Waals surface area (Å²) in [7, 11) is 0. The lowest BCUT2D eigenvalue weighted by Gasteiger charge is -2.08. The summed E-state index contributed by atoms with van der Waals surface area (Å²) in [5, 5.41) is 4.98. The second kappa shape index (κ2) is 5.88. The van der Waals surface area contributed by atoms with Gasteiger partial charge in [-0.05, 0) is 31.2 Å². The average molecular weight is 269 g/mol. The molecular formula is C15H15N3O2. The molecule has 102 valence electrons. The van der Waals surface area contributed by atoms with Crippen LogP contribution in [0.25, 0.3) is 0 Å². The maximum Gasteiger partial charge on any atom is 0.314 e. The summed E-state index contributed by atoms with van der Waals surface area (Å²) >= 11 is 0. The summed E-state index contributed by atoms with van der Waals surface area (Å²) in [6.45, 7) is 1.94. The van der Waals surface area contributed by atoms with E-state index in [9.17, 15) is 9.59 Å². The summed E-state index contributed by atoms with van der Waals surface area (Å²) in [4.78, 5) is 23.5. The zero-order chi connectivity index (χ0) is 14.5. The highest BCUT2D eigenvalue weighted by atomic mass is 16.2. The van der Waals surface area contributed by atoms with Crippen LogP contribution in [0.4, 0.5) is 17.1 Å². The van der Waals surface area contributed by atoms with E-state index in [1.165, 1.54) is 0 Å². The Hall–Kier alpha value is -2.82. The summed E-state index contributed by atoms with van der Waals surface area (Å²) in [6.07, 6.45) is 0. The van der Waals surface area contributed by atoms with Crippen molar-refractivity contribution in [1.29, 1.82) is 0 Å². The molecular weight excluding hydrogens is 254 g/mol. The van der Waals surface area contributed by atoms with Crippen molar-refractivity contribution >= 4 is 28.9 Å². The molecule has 2 aromatic carbocycles. The van der Waals surface area contributed by atoms with Gasteiger partial charge in [-0.25, -0.2) is 0 Å². The lowest BCUT2D eigenvalue weighted by Crippen LogP contribution is -2.29. The Morgan fingerprint density at radius 2 is 1.50 bits per heavy atom. The van der Waals surface area contributed by atoms with Crippen molar-refractivity contribution in [3.63, 3.8) is 0 Å². The normalized spacial score (nSPS) is 9.85. The number of amides is 2. The van der Waals surface area contributed by atoms with Crippen LogP contribution in [0.2, 0.25) is 0 Å². The molecule has 0 heterocycles. The molecule has 2 amide bonds. The maximum absolute atomic E-state index is 11.8. The summed E-state index contributed by atoms with van der Waals surface area (Å²) in [5.41, 5.74) is 8.15. The molecule has 0 saturated heterocycles. The molecule has 0 aliphatic carbocycles. The fourth-order valence-corrected chi connectivity index (χ4v) is 1.61. The number of nitrogens with one attached hydrogen (secondary N) is 2. The minimum atomic E-state index is -0.761. The predicted molar refractivity (Wildman–Crippen MR) is 79.3 cm³/mol. The van der Waals surface area contributed by atoms with E-state index in [2.05, 4.69) is 10.6 Å². The van der Waals surface area contributed by atoms with Crippen molar-refractivity contribution in [3.8, 4) is 0 Å². The Labute approximate surface area is 116 Å². The molecule has 4 N–H and O–H groups in total. The van der Waals surface area contributed by atoms with Gasteiger partial charge in [0.15, 0.2) is 0 Å². The molecule has 0 unspecified atom stereocenters. The number of nitrogen functional groups attached to an aromatic ring is 1. The summed E-state index contributed by atoms with van der Waals surface area (Å²) < 4.78 is 0. The SMILES string of the molecule is Cc1ccc(NC(=O)C(=O)Nc2ccccc2N)cc1. The third-order valence-corrected chi connectivity index (χ3v) is 2.72. The van der Waals surface area contributed by atoms with Gasteiger partial charge in [0, 0.05) is 5.69 Å². The van der Waals surface area contributed by atoms with E-state index in [-0.39, 0.29) is 0 Å². The first-order valence-corrected chi connectivity index (χ1v) is 6.10. The quantitative estimate of drug-likeness (QED) is 0.577. The number of carbonyl (C=O) groups is 2. The zero-order valence-electron chi connectivity index (χ0n) is 11.0. The minimum absolute atomic E-state index is 0.406. The van der Waals surface area contributed by atoms with Gasteiger partial charge in [0.05, 0.1) is 11.4 Å². The number of para-hydroxylation sites is 2. The number of anilines is 3. The molecule has 0 spiro atoms. The van der Waals surface area contributed by atoms with Gasteiger partial charge < -0.3 is 16.4 Å². The summed E-state index contributed by atoms with van der Waals surface area (Å²) in [5.74, 6) is -1.50. The number of hydrogen-bond donors (Lipinski definition) is 3. The van der Waals surface area contributed by atoms with Gasteiger partial charge >= 0.3 is 11.8 Å². The second-order valence-electron chi connectivity index (χ2n) is 4.36. The van der Waals surface area contributed by atoms with E-state index in [0.717, 1.165) is 5.56 Å². The van der Waals surface area contributed by atoms with E-state index in [1.807, 2.05) is 19.1 Å². The molecule has 0 atom stereocenters. The van der Waals surface area contributed by atoms with Crippen LogP contribution in [0.15, 0.2) is 48.5 Å². The van der Waals surface area contributed by atoms with Crippen LogP contribution >= 0.6 is 0 Å². The third-order valence-electron chi connectivity index (χ3n) is 2.72. The van der Waals surface area contributed by atoms with Crippen molar-refractivity contribution in [3.05, 3.63) is 54.1 Å². The Morgan fingerprint density at radius 3 is 2.15 bits per heavy atom. The number of rotatable bonds is 2. The van der Waals surface area contributed by atoms with Crippen molar-refractivity contribution < 1.29 is 9.59 Å². The van der Waals surface area contributed by atoms with Crippen molar-refractivity contribution in [2.24, 2.45) is 0 Å². The number of hydrogen-bond acceptors (Lipinski definition) is 3.